The van der Waals surface area contributed by atoms with E-state index in [9.17, 15) is 4.79 Å². The molecule has 0 bridgehead atoms. The van der Waals surface area contributed by atoms with Crippen molar-refractivity contribution in [2.75, 3.05) is 11.4 Å². The van der Waals surface area contributed by atoms with Crippen molar-refractivity contribution >= 4 is 28.1 Å². The van der Waals surface area contributed by atoms with Crippen LogP contribution < -0.4 is 4.90 Å². The number of anilines is 2. The summed E-state index contributed by atoms with van der Waals surface area (Å²) in [7, 11) is 0. The van der Waals surface area contributed by atoms with Gasteiger partial charge in [-0.05, 0) is 26.0 Å². The minimum atomic E-state index is -0.852. The normalized spacial score (nSPS) is 10.4. The van der Waals surface area contributed by atoms with Gasteiger partial charge in [-0.25, -0.2) is 4.98 Å². The number of aliphatic carboxylic acids is 1. The second kappa shape index (κ2) is 5.84. The van der Waals surface area contributed by atoms with E-state index >= 15 is 0 Å². The van der Waals surface area contributed by atoms with Crippen LogP contribution >= 0.6 is 11.3 Å². The van der Waals surface area contributed by atoms with Crippen LogP contribution in [0.4, 0.5) is 10.8 Å². The van der Waals surface area contributed by atoms with Gasteiger partial charge in [0.15, 0.2) is 5.13 Å². The van der Waals surface area contributed by atoms with E-state index in [0.29, 0.717) is 5.69 Å². The number of thiazole rings is 1. The Morgan fingerprint density at radius 2 is 2.05 bits per heavy atom. The Morgan fingerprint density at radius 1 is 1.37 bits per heavy atom. The molecule has 0 fully saturated rings. The maximum absolute atomic E-state index is 10.7. The molecule has 1 N–H and O–H groups in total. The lowest BCUT2D eigenvalue weighted by Gasteiger charge is -2.19. The van der Waals surface area contributed by atoms with Gasteiger partial charge < -0.3 is 10.0 Å². The van der Waals surface area contributed by atoms with Gasteiger partial charge in [-0.3, -0.25) is 4.79 Å². The van der Waals surface area contributed by atoms with Crippen molar-refractivity contribution in [3.63, 3.8) is 0 Å². The van der Waals surface area contributed by atoms with Crippen LogP contribution in [0.2, 0.25) is 0 Å². The Bertz CT molecular complexity index is 563. The average Bonchev–Trinajstić information content (AvgIpc) is 2.80. The molecule has 0 aliphatic heterocycles. The predicted octanol–water partition coefficient (Wildman–Crippen LogP) is 3.24. The number of carboxylic acid groups (broad SMARTS) is 1. The van der Waals surface area contributed by atoms with E-state index in [0.717, 1.165) is 17.4 Å². The standard InChI is InChI=1S/C14H16N2O2S/c1-3-16(12-6-4-10(2)5-7-12)14-15-11(9-19-14)8-13(17)18/h4-7,9H,3,8H2,1-2H3,(H,17,18). The van der Waals surface area contributed by atoms with Gasteiger partial charge in [-0.2, -0.15) is 0 Å². The predicted molar refractivity (Wildman–Crippen MR) is 77.3 cm³/mol. The molecule has 0 aliphatic carbocycles. The summed E-state index contributed by atoms with van der Waals surface area (Å²) in [6.45, 7) is 4.90. The zero-order chi connectivity index (χ0) is 13.8. The molecule has 0 amide bonds. The largest absolute Gasteiger partial charge is 0.481 e. The van der Waals surface area contributed by atoms with Crippen molar-refractivity contribution in [2.24, 2.45) is 0 Å². The SMILES string of the molecule is CCN(c1ccc(C)cc1)c1nc(CC(=O)O)cs1. The Kier molecular flexibility index (Phi) is 4.16. The molecule has 1 aromatic heterocycles. The molecule has 19 heavy (non-hydrogen) atoms. The summed E-state index contributed by atoms with van der Waals surface area (Å²) in [4.78, 5) is 17.1. The van der Waals surface area contributed by atoms with E-state index in [2.05, 4.69) is 48.0 Å². The molecule has 0 spiro atoms. The molecule has 1 aromatic carbocycles. The molecule has 2 rings (SSSR count). The first-order chi connectivity index (χ1) is 9.10. The molecule has 100 valence electrons. The van der Waals surface area contributed by atoms with Crippen molar-refractivity contribution in [3.05, 3.63) is 40.9 Å². The lowest BCUT2D eigenvalue weighted by atomic mass is 10.2. The van der Waals surface area contributed by atoms with Gasteiger partial charge in [0.1, 0.15) is 0 Å². The third-order valence-electron chi connectivity index (χ3n) is 2.76. The second-order valence-corrected chi connectivity index (χ2v) is 5.11. The fraction of sp³-hybridized carbons (Fsp3) is 0.286. The van der Waals surface area contributed by atoms with Gasteiger partial charge in [0.2, 0.25) is 0 Å². The lowest BCUT2D eigenvalue weighted by molar-refractivity contribution is -0.136. The molecule has 0 aliphatic rings. The number of aryl methyl sites for hydroxylation is 1. The minimum Gasteiger partial charge on any atom is -0.481 e. The average molecular weight is 276 g/mol. The first-order valence-electron chi connectivity index (χ1n) is 6.10. The zero-order valence-corrected chi connectivity index (χ0v) is 11.8. The van der Waals surface area contributed by atoms with Crippen LogP contribution in [-0.4, -0.2) is 22.6 Å². The van der Waals surface area contributed by atoms with E-state index in [1.54, 1.807) is 5.38 Å². The van der Waals surface area contributed by atoms with Crippen molar-refractivity contribution in [1.82, 2.24) is 4.98 Å². The maximum atomic E-state index is 10.7. The van der Waals surface area contributed by atoms with E-state index < -0.39 is 5.97 Å². The van der Waals surface area contributed by atoms with Crippen LogP contribution in [-0.2, 0) is 11.2 Å². The summed E-state index contributed by atoms with van der Waals surface area (Å²) in [6.07, 6.45) is -0.0258. The third kappa shape index (κ3) is 3.32. The highest BCUT2D eigenvalue weighted by molar-refractivity contribution is 7.13. The highest BCUT2D eigenvalue weighted by Gasteiger charge is 2.12. The Labute approximate surface area is 116 Å². The first-order valence-corrected chi connectivity index (χ1v) is 6.98. The topological polar surface area (TPSA) is 53.4 Å². The quantitative estimate of drug-likeness (QED) is 0.911. The molecule has 0 saturated heterocycles. The number of rotatable bonds is 5. The fourth-order valence-electron chi connectivity index (χ4n) is 1.81. The summed E-state index contributed by atoms with van der Waals surface area (Å²) in [6, 6.07) is 8.22. The summed E-state index contributed by atoms with van der Waals surface area (Å²) >= 11 is 1.47. The molecule has 0 saturated carbocycles. The van der Waals surface area contributed by atoms with Gasteiger partial charge in [-0.1, -0.05) is 17.7 Å². The van der Waals surface area contributed by atoms with Crippen molar-refractivity contribution in [3.8, 4) is 0 Å². The highest BCUT2D eigenvalue weighted by Crippen LogP contribution is 2.28. The summed E-state index contributed by atoms with van der Waals surface area (Å²) in [5, 5.41) is 11.4. The van der Waals surface area contributed by atoms with Gasteiger partial charge in [-0.15, -0.1) is 11.3 Å². The van der Waals surface area contributed by atoms with Gasteiger partial charge in [0, 0.05) is 17.6 Å². The van der Waals surface area contributed by atoms with Gasteiger partial charge in [0.05, 0.1) is 12.1 Å². The molecule has 5 heteroatoms. The summed E-state index contributed by atoms with van der Waals surface area (Å²) in [5.74, 6) is -0.852. The number of carboxylic acids is 1. The lowest BCUT2D eigenvalue weighted by Crippen LogP contribution is -2.15. The number of carbonyl (C=O) groups is 1. The van der Waals surface area contributed by atoms with Crippen molar-refractivity contribution < 1.29 is 9.90 Å². The smallest absolute Gasteiger partial charge is 0.309 e. The van der Waals surface area contributed by atoms with Gasteiger partial charge >= 0.3 is 5.97 Å². The van der Waals surface area contributed by atoms with E-state index in [1.807, 2.05) is 0 Å². The summed E-state index contributed by atoms with van der Waals surface area (Å²) in [5.41, 5.74) is 2.90. The fourth-order valence-corrected chi connectivity index (χ4v) is 2.72. The first kappa shape index (κ1) is 13.5. The molecule has 0 unspecified atom stereocenters. The molecular formula is C14H16N2O2S. The number of aromatic nitrogens is 1. The van der Waals surface area contributed by atoms with Crippen LogP contribution in [0.5, 0.6) is 0 Å². The van der Waals surface area contributed by atoms with Crippen molar-refractivity contribution in [1.29, 1.82) is 0 Å². The monoisotopic (exact) mass is 276 g/mol. The summed E-state index contributed by atoms with van der Waals surface area (Å²) < 4.78 is 0. The van der Waals surface area contributed by atoms with E-state index in [1.165, 1.54) is 16.9 Å². The minimum absolute atomic E-state index is 0.0258. The third-order valence-corrected chi connectivity index (χ3v) is 3.68. The number of benzene rings is 1. The molecule has 0 atom stereocenters. The Balaban J connectivity index is 2.24. The van der Waals surface area contributed by atoms with E-state index in [-0.39, 0.29) is 6.42 Å². The molecule has 1 heterocycles. The van der Waals surface area contributed by atoms with Crippen LogP contribution in [0.1, 0.15) is 18.2 Å². The highest BCUT2D eigenvalue weighted by atomic mass is 32.1. The Morgan fingerprint density at radius 3 is 2.63 bits per heavy atom. The zero-order valence-electron chi connectivity index (χ0n) is 11.0. The maximum Gasteiger partial charge on any atom is 0.309 e. The molecule has 2 aromatic rings. The number of hydrogen-bond acceptors (Lipinski definition) is 4. The van der Waals surface area contributed by atoms with Crippen LogP contribution in [0.25, 0.3) is 0 Å². The van der Waals surface area contributed by atoms with Crippen LogP contribution in [0, 0.1) is 6.92 Å². The van der Waals surface area contributed by atoms with Crippen LogP contribution in [0.3, 0.4) is 0 Å². The Hall–Kier alpha value is -1.88. The molecular weight excluding hydrogens is 260 g/mol. The molecule has 4 nitrogen and oxygen atoms in total. The van der Waals surface area contributed by atoms with Gasteiger partial charge in [0.25, 0.3) is 0 Å². The van der Waals surface area contributed by atoms with Crippen LogP contribution in [0.15, 0.2) is 29.6 Å². The van der Waals surface area contributed by atoms with Crippen molar-refractivity contribution in [2.45, 2.75) is 20.3 Å². The molecule has 0 radical (unpaired) electrons. The number of hydrogen-bond donors (Lipinski definition) is 1. The second-order valence-electron chi connectivity index (χ2n) is 4.27. The number of nitrogens with zero attached hydrogens (tertiary/aromatic N) is 2. The van der Waals surface area contributed by atoms with E-state index in [4.69, 9.17) is 5.11 Å².